The summed E-state index contributed by atoms with van der Waals surface area (Å²) in [6, 6.07) is 8.05. The minimum Gasteiger partial charge on any atom is -0.496 e. The second-order valence-corrected chi connectivity index (χ2v) is 4.55. The maximum Gasteiger partial charge on any atom is 0.132 e. The highest BCUT2D eigenvalue weighted by Gasteiger charge is 2.06. The van der Waals surface area contributed by atoms with Gasteiger partial charge in [0.15, 0.2) is 0 Å². The van der Waals surface area contributed by atoms with Crippen molar-refractivity contribution in [1.82, 2.24) is 4.90 Å². The Bertz CT molecular complexity index is 377. The van der Waals surface area contributed by atoms with Crippen LogP contribution in [-0.2, 0) is 11.3 Å². The molecule has 0 aliphatic heterocycles. The molecule has 3 heteroatoms. The Morgan fingerprint density at radius 2 is 2.06 bits per heavy atom. The van der Waals surface area contributed by atoms with Crippen LogP contribution in [0.25, 0.3) is 0 Å². The van der Waals surface area contributed by atoms with Crippen LogP contribution >= 0.6 is 0 Å². The predicted octanol–water partition coefficient (Wildman–Crippen LogP) is 2.89. The molecule has 0 aromatic heterocycles. The average Bonchev–Trinajstić information content (AvgIpc) is 2.39. The van der Waals surface area contributed by atoms with Gasteiger partial charge in [0.05, 0.1) is 7.11 Å². The van der Waals surface area contributed by atoms with Crippen LogP contribution in [-0.4, -0.2) is 31.4 Å². The van der Waals surface area contributed by atoms with Crippen LogP contribution in [0.15, 0.2) is 24.3 Å². The minimum absolute atomic E-state index is 0.348. The fraction of sp³-hybridized carbons (Fsp3) is 0.533. The molecule has 0 fully saturated rings. The van der Waals surface area contributed by atoms with Crippen molar-refractivity contribution in [1.29, 1.82) is 0 Å². The summed E-state index contributed by atoms with van der Waals surface area (Å²) in [6.45, 7) is 3.70. The van der Waals surface area contributed by atoms with Crippen molar-refractivity contribution in [2.24, 2.45) is 0 Å². The summed E-state index contributed by atoms with van der Waals surface area (Å²) in [4.78, 5) is 13.4. The number of hydrogen-bond donors (Lipinski definition) is 0. The van der Waals surface area contributed by atoms with Gasteiger partial charge in [0.2, 0.25) is 0 Å². The summed E-state index contributed by atoms with van der Waals surface area (Å²) in [5.41, 5.74) is 1.18. The molecule has 18 heavy (non-hydrogen) atoms. The topological polar surface area (TPSA) is 29.5 Å². The molecule has 0 N–H and O–H groups in total. The number of para-hydroxylation sites is 1. The molecule has 1 aromatic rings. The number of ketones is 1. The van der Waals surface area contributed by atoms with E-state index >= 15 is 0 Å². The Morgan fingerprint density at radius 1 is 1.33 bits per heavy atom. The molecule has 0 amide bonds. The molecule has 0 aliphatic rings. The molecule has 3 nitrogen and oxygen atoms in total. The summed E-state index contributed by atoms with van der Waals surface area (Å²) in [7, 11) is 3.77. The minimum atomic E-state index is 0.348. The van der Waals surface area contributed by atoms with Crippen LogP contribution in [0, 0.1) is 0 Å². The molecular formula is C15H23NO2. The zero-order valence-corrected chi connectivity index (χ0v) is 11.6. The maximum absolute atomic E-state index is 11.2. The van der Waals surface area contributed by atoms with Gasteiger partial charge in [-0.05, 0) is 26.1 Å². The highest BCUT2D eigenvalue weighted by molar-refractivity contribution is 5.77. The van der Waals surface area contributed by atoms with E-state index in [9.17, 15) is 4.79 Å². The average molecular weight is 249 g/mol. The van der Waals surface area contributed by atoms with Crippen LogP contribution in [0.1, 0.15) is 31.7 Å². The van der Waals surface area contributed by atoms with E-state index in [-0.39, 0.29) is 0 Å². The lowest BCUT2D eigenvalue weighted by atomic mass is 10.1. The number of methoxy groups -OCH3 is 1. The molecule has 0 bridgehead atoms. The molecule has 0 atom stereocenters. The SMILES string of the molecule is CCC(=O)CCCN(C)Cc1ccccc1OC. The lowest BCUT2D eigenvalue weighted by Crippen LogP contribution is -2.20. The highest BCUT2D eigenvalue weighted by atomic mass is 16.5. The maximum atomic E-state index is 11.2. The molecule has 0 radical (unpaired) electrons. The number of Topliss-reactive ketones (excluding diaryl/α,β-unsaturated/α-hetero) is 1. The predicted molar refractivity (Wildman–Crippen MR) is 73.9 cm³/mol. The quantitative estimate of drug-likeness (QED) is 0.709. The van der Waals surface area contributed by atoms with E-state index in [0.29, 0.717) is 18.6 Å². The van der Waals surface area contributed by atoms with Gasteiger partial charge in [-0.25, -0.2) is 0 Å². The second kappa shape index (κ2) is 7.88. The Balaban J connectivity index is 2.39. The zero-order valence-electron chi connectivity index (χ0n) is 11.6. The first-order chi connectivity index (χ1) is 8.67. The van der Waals surface area contributed by atoms with Crippen molar-refractivity contribution in [3.8, 4) is 5.75 Å². The Hall–Kier alpha value is -1.35. The van der Waals surface area contributed by atoms with Gasteiger partial charge in [-0.15, -0.1) is 0 Å². The molecule has 0 saturated heterocycles. The van der Waals surface area contributed by atoms with Gasteiger partial charge in [0.25, 0.3) is 0 Å². The summed E-state index contributed by atoms with van der Waals surface area (Å²) < 4.78 is 5.33. The number of ether oxygens (including phenoxy) is 1. The number of carbonyl (C=O) groups excluding carboxylic acids is 1. The lowest BCUT2D eigenvalue weighted by molar-refractivity contribution is -0.118. The summed E-state index contributed by atoms with van der Waals surface area (Å²) >= 11 is 0. The number of benzene rings is 1. The van der Waals surface area contributed by atoms with E-state index in [4.69, 9.17) is 4.74 Å². The summed E-state index contributed by atoms with van der Waals surface area (Å²) in [5, 5.41) is 0. The van der Waals surface area contributed by atoms with E-state index in [2.05, 4.69) is 18.0 Å². The molecule has 1 aromatic carbocycles. The Labute approximate surface area is 110 Å². The van der Waals surface area contributed by atoms with Gasteiger partial charge in [-0.3, -0.25) is 4.79 Å². The lowest BCUT2D eigenvalue weighted by Gasteiger charge is -2.18. The van der Waals surface area contributed by atoms with Crippen LogP contribution in [0.3, 0.4) is 0 Å². The van der Waals surface area contributed by atoms with Crippen LogP contribution in [0.5, 0.6) is 5.75 Å². The zero-order chi connectivity index (χ0) is 13.4. The first-order valence-electron chi connectivity index (χ1n) is 6.49. The van der Waals surface area contributed by atoms with E-state index in [0.717, 1.165) is 25.3 Å². The second-order valence-electron chi connectivity index (χ2n) is 4.55. The number of hydrogen-bond acceptors (Lipinski definition) is 3. The Morgan fingerprint density at radius 3 is 2.72 bits per heavy atom. The number of nitrogens with zero attached hydrogens (tertiary/aromatic N) is 1. The molecule has 0 saturated carbocycles. The van der Waals surface area contributed by atoms with Gasteiger partial charge in [0.1, 0.15) is 11.5 Å². The molecule has 0 aliphatic carbocycles. The first-order valence-corrected chi connectivity index (χ1v) is 6.49. The molecule has 0 unspecified atom stereocenters. The monoisotopic (exact) mass is 249 g/mol. The number of carbonyl (C=O) groups is 1. The van der Waals surface area contributed by atoms with E-state index in [1.165, 1.54) is 5.56 Å². The van der Waals surface area contributed by atoms with Crippen LogP contribution in [0.4, 0.5) is 0 Å². The van der Waals surface area contributed by atoms with Crippen molar-refractivity contribution in [2.75, 3.05) is 20.7 Å². The van der Waals surface area contributed by atoms with Crippen molar-refractivity contribution in [3.05, 3.63) is 29.8 Å². The summed E-state index contributed by atoms with van der Waals surface area (Å²) in [5.74, 6) is 1.27. The fourth-order valence-electron chi connectivity index (χ4n) is 1.93. The Kier molecular flexibility index (Phi) is 6.44. The standard InChI is InChI=1S/C15H23NO2/c1-4-14(17)9-7-11-16(2)12-13-8-5-6-10-15(13)18-3/h5-6,8,10H,4,7,9,11-12H2,1-3H3. The fourth-order valence-corrected chi connectivity index (χ4v) is 1.93. The number of rotatable bonds is 8. The molecular weight excluding hydrogens is 226 g/mol. The third-order valence-electron chi connectivity index (χ3n) is 3.02. The van der Waals surface area contributed by atoms with Gasteiger partial charge >= 0.3 is 0 Å². The van der Waals surface area contributed by atoms with Gasteiger partial charge in [0, 0.05) is 24.9 Å². The van der Waals surface area contributed by atoms with Gasteiger partial charge in [-0.1, -0.05) is 25.1 Å². The molecule has 0 heterocycles. The van der Waals surface area contributed by atoms with Crippen molar-refractivity contribution >= 4 is 5.78 Å². The highest BCUT2D eigenvalue weighted by Crippen LogP contribution is 2.18. The smallest absolute Gasteiger partial charge is 0.132 e. The summed E-state index contributed by atoms with van der Waals surface area (Å²) in [6.07, 6.45) is 2.27. The molecule has 1 rings (SSSR count). The van der Waals surface area contributed by atoms with Crippen LogP contribution < -0.4 is 4.74 Å². The van der Waals surface area contributed by atoms with E-state index < -0.39 is 0 Å². The molecule has 0 spiro atoms. The largest absolute Gasteiger partial charge is 0.496 e. The molecule has 100 valence electrons. The third-order valence-corrected chi connectivity index (χ3v) is 3.02. The van der Waals surface area contributed by atoms with Crippen molar-refractivity contribution in [3.63, 3.8) is 0 Å². The normalized spacial score (nSPS) is 10.7. The first kappa shape index (κ1) is 14.7. The van der Waals surface area contributed by atoms with Crippen LogP contribution in [0.2, 0.25) is 0 Å². The van der Waals surface area contributed by atoms with Gasteiger partial charge in [-0.2, -0.15) is 0 Å². The van der Waals surface area contributed by atoms with Crippen molar-refractivity contribution < 1.29 is 9.53 Å². The third kappa shape index (κ3) is 4.88. The van der Waals surface area contributed by atoms with Crippen molar-refractivity contribution in [2.45, 2.75) is 32.7 Å². The van der Waals surface area contributed by atoms with Gasteiger partial charge < -0.3 is 9.64 Å². The van der Waals surface area contributed by atoms with E-state index in [1.54, 1.807) is 7.11 Å². The van der Waals surface area contributed by atoms with E-state index in [1.807, 2.05) is 25.1 Å².